The number of rotatable bonds is 6. The van der Waals surface area contributed by atoms with Crippen LogP contribution in [0.25, 0.3) is 0 Å². The van der Waals surface area contributed by atoms with E-state index in [0.29, 0.717) is 0 Å². The average molecular weight is 444 g/mol. The van der Waals surface area contributed by atoms with E-state index in [1.54, 1.807) is 0 Å². The fourth-order valence-electron chi connectivity index (χ4n) is 2.89. The number of hydrogen-bond donors (Lipinski definition) is 2. The number of aliphatic imine (C=N–C) groups is 1. The molecule has 6 heteroatoms. The molecule has 2 fully saturated rings. The number of hydrogen-bond acceptors (Lipinski definition) is 3. The predicted octanol–water partition coefficient (Wildman–Crippen LogP) is 2.18. The lowest BCUT2D eigenvalue weighted by molar-refractivity contribution is 0.0389. The van der Waals surface area contributed by atoms with Crippen molar-refractivity contribution < 1.29 is 4.74 Å². The van der Waals surface area contributed by atoms with E-state index < -0.39 is 0 Å². The molecule has 0 spiro atoms. The maximum absolute atomic E-state index is 5.36. The molecule has 2 N–H and O–H groups in total. The summed E-state index contributed by atoms with van der Waals surface area (Å²) in [6, 6.07) is 8.98. The molecule has 0 bridgehead atoms. The van der Waals surface area contributed by atoms with Gasteiger partial charge in [0.2, 0.25) is 0 Å². The summed E-state index contributed by atoms with van der Waals surface area (Å²) < 4.78 is 5.36. The zero-order valence-electron chi connectivity index (χ0n) is 14.5. The van der Waals surface area contributed by atoms with E-state index in [1.165, 1.54) is 24.0 Å². The summed E-state index contributed by atoms with van der Waals surface area (Å²) in [5.41, 5.74) is 2.78. The van der Waals surface area contributed by atoms with Gasteiger partial charge in [-0.3, -0.25) is 9.89 Å². The van der Waals surface area contributed by atoms with Gasteiger partial charge in [-0.1, -0.05) is 24.3 Å². The molecular weight excluding hydrogens is 415 g/mol. The van der Waals surface area contributed by atoms with Crippen molar-refractivity contribution in [1.82, 2.24) is 15.5 Å². The van der Waals surface area contributed by atoms with Gasteiger partial charge < -0.3 is 15.4 Å². The van der Waals surface area contributed by atoms with Crippen molar-refractivity contribution in [3.63, 3.8) is 0 Å². The van der Waals surface area contributed by atoms with Crippen LogP contribution in [0.4, 0.5) is 0 Å². The second kappa shape index (κ2) is 10.2. The molecule has 0 aromatic heterocycles. The van der Waals surface area contributed by atoms with Crippen molar-refractivity contribution in [1.29, 1.82) is 0 Å². The molecule has 0 radical (unpaired) electrons. The fourth-order valence-corrected chi connectivity index (χ4v) is 2.89. The quantitative estimate of drug-likeness (QED) is 0.401. The Balaban J connectivity index is 0.00000208. The summed E-state index contributed by atoms with van der Waals surface area (Å²) in [6.07, 6.45) is 2.72. The Morgan fingerprint density at radius 3 is 2.50 bits per heavy atom. The van der Waals surface area contributed by atoms with E-state index in [1.807, 2.05) is 7.05 Å². The van der Waals surface area contributed by atoms with Crippen molar-refractivity contribution in [3.05, 3.63) is 35.4 Å². The standard InChI is InChI=1S/C18H28N4O.HI/c1-19-18(20-8-9-22-10-12-23-13-11-22)21-14-15-2-4-16(5-3-15)17-6-7-17;/h2-5,17H,6-14H2,1H3,(H2,19,20,21);1H. The lowest BCUT2D eigenvalue weighted by Gasteiger charge is -2.26. The summed E-state index contributed by atoms with van der Waals surface area (Å²) in [5.74, 6) is 1.69. The molecule has 1 heterocycles. The second-order valence-corrected chi connectivity index (χ2v) is 6.32. The van der Waals surface area contributed by atoms with Crippen molar-refractivity contribution in [2.24, 2.45) is 4.99 Å². The molecule has 0 amide bonds. The van der Waals surface area contributed by atoms with Gasteiger partial charge in [-0.05, 0) is 29.9 Å². The molecule has 1 saturated heterocycles. The molecule has 24 heavy (non-hydrogen) atoms. The molecule has 5 nitrogen and oxygen atoms in total. The third-order valence-corrected chi connectivity index (χ3v) is 4.54. The van der Waals surface area contributed by atoms with Crippen LogP contribution in [0.3, 0.4) is 0 Å². The minimum Gasteiger partial charge on any atom is -0.379 e. The van der Waals surface area contributed by atoms with Crippen LogP contribution in [0.1, 0.15) is 29.9 Å². The summed E-state index contributed by atoms with van der Waals surface area (Å²) in [5, 5.41) is 6.77. The van der Waals surface area contributed by atoms with E-state index in [4.69, 9.17) is 4.74 Å². The SMILES string of the molecule is CN=C(NCCN1CCOCC1)NCc1ccc(C2CC2)cc1.I. The first-order chi connectivity index (χ1) is 11.3. The number of guanidine groups is 1. The smallest absolute Gasteiger partial charge is 0.191 e. The van der Waals surface area contributed by atoms with Gasteiger partial charge in [0.05, 0.1) is 13.2 Å². The Kier molecular flexibility index (Phi) is 8.28. The van der Waals surface area contributed by atoms with Gasteiger partial charge in [-0.2, -0.15) is 0 Å². The van der Waals surface area contributed by atoms with Crippen molar-refractivity contribution in [3.8, 4) is 0 Å². The van der Waals surface area contributed by atoms with E-state index in [9.17, 15) is 0 Å². The van der Waals surface area contributed by atoms with Crippen LogP contribution < -0.4 is 10.6 Å². The van der Waals surface area contributed by atoms with Crippen LogP contribution in [0.5, 0.6) is 0 Å². The van der Waals surface area contributed by atoms with Gasteiger partial charge >= 0.3 is 0 Å². The van der Waals surface area contributed by atoms with Gasteiger partial charge in [0.15, 0.2) is 5.96 Å². The summed E-state index contributed by atoms with van der Waals surface area (Å²) in [4.78, 5) is 6.71. The molecule has 134 valence electrons. The third kappa shape index (κ3) is 6.22. The average Bonchev–Trinajstić information content (AvgIpc) is 3.44. The Morgan fingerprint density at radius 1 is 1.17 bits per heavy atom. The molecule has 1 aromatic rings. The lowest BCUT2D eigenvalue weighted by Crippen LogP contribution is -2.44. The molecular formula is C18H29IN4O. The predicted molar refractivity (Wildman–Crippen MR) is 109 cm³/mol. The zero-order chi connectivity index (χ0) is 15.9. The second-order valence-electron chi connectivity index (χ2n) is 6.32. The number of nitrogens with zero attached hydrogens (tertiary/aromatic N) is 2. The molecule has 1 aliphatic heterocycles. The highest BCUT2D eigenvalue weighted by Gasteiger charge is 2.22. The Morgan fingerprint density at radius 2 is 1.88 bits per heavy atom. The van der Waals surface area contributed by atoms with Crippen LogP contribution >= 0.6 is 24.0 Å². The van der Waals surface area contributed by atoms with Gasteiger partial charge in [-0.15, -0.1) is 24.0 Å². The topological polar surface area (TPSA) is 48.9 Å². The number of morpholine rings is 1. The molecule has 1 aliphatic carbocycles. The minimum atomic E-state index is 0. The zero-order valence-corrected chi connectivity index (χ0v) is 16.8. The van der Waals surface area contributed by atoms with Crippen LogP contribution in [0, 0.1) is 0 Å². The van der Waals surface area contributed by atoms with E-state index >= 15 is 0 Å². The van der Waals surface area contributed by atoms with Gasteiger partial charge in [0, 0.05) is 39.8 Å². The Labute approximate surface area is 162 Å². The maximum atomic E-state index is 5.36. The van der Waals surface area contributed by atoms with Crippen LogP contribution in [0.15, 0.2) is 29.3 Å². The van der Waals surface area contributed by atoms with E-state index in [-0.39, 0.29) is 24.0 Å². The van der Waals surface area contributed by atoms with Crippen molar-refractivity contribution in [2.45, 2.75) is 25.3 Å². The summed E-state index contributed by atoms with van der Waals surface area (Å²) >= 11 is 0. The van der Waals surface area contributed by atoms with E-state index in [2.05, 4.69) is 44.8 Å². The Bertz CT molecular complexity index is 510. The molecule has 0 unspecified atom stereocenters. The number of ether oxygens (including phenoxy) is 1. The normalized spacial score (nSPS) is 18.8. The number of benzene rings is 1. The maximum Gasteiger partial charge on any atom is 0.191 e. The fraction of sp³-hybridized carbons (Fsp3) is 0.611. The van der Waals surface area contributed by atoms with E-state index in [0.717, 1.165) is 57.8 Å². The largest absolute Gasteiger partial charge is 0.379 e. The lowest BCUT2D eigenvalue weighted by atomic mass is 10.1. The summed E-state index contributed by atoms with van der Waals surface area (Å²) in [6.45, 7) is 6.50. The van der Waals surface area contributed by atoms with Crippen LogP contribution in [-0.4, -0.2) is 57.3 Å². The monoisotopic (exact) mass is 444 g/mol. The van der Waals surface area contributed by atoms with Gasteiger partial charge in [-0.25, -0.2) is 0 Å². The molecule has 2 aliphatic rings. The minimum absolute atomic E-state index is 0. The Hall–Kier alpha value is -0.860. The molecule has 1 aromatic carbocycles. The highest BCUT2D eigenvalue weighted by molar-refractivity contribution is 14.0. The number of halogens is 1. The van der Waals surface area contributed by atoms with Crippen LogP contribution in [-0.2, 0) is 11.3 Å². The van der Waals surface area contributed by atoms with Crippen molar-refractivity contribution >= 4 is 29.9 Å². The highest BCUT2D eigenvalue weighted by Crippen LogP contribution is 2.39. The summed E-state index contributed by atoms with van der Waals surface area (Å²) in [7, 11) is 1.82. The number of nitrogens with one attached hydrogen (secondary N) is 2. The van der Waals surface area contributed by atoms with Gasteiger partial charge in [0.25, 0.3) is 0 Å². The van der Waals surface area contributed by atoms with Crippen molar-refractivity contribution in [2.75, 3.05) is 46.4 Å². The third-order valence-electron chi connectivity index (χ3n) is 4.54. The molecule has 3 rings (SSSR count). The highest BCUT2D eigenvalue weighted by atomic mass is 127. The first-order valence-corrected chi connectivity index (χ1v) is 8.68. The van der Waals surface area contributed by atoms with Gasteiger partial charge in [0.1, 0.15) is 0 Å². The van der Waals surface area contributed by atoms with Crippen LogP contribution in [0.2, 0.25) is 0 Å². The first kappa shape index (κ1) is 19.5. The first-order valence-electron chi connectivity index (χ1n) is 8.68. The molecule has 1 saturated carbocycles. The molecule has 0 atom stereocenters.